The number of carbonyl (C=O) groups is 1. The van der Waals surface area contributed by atoms with Gasteiger partial charge < -0.3 is 14.6 Å². The van der Waals surface area contributed by atoms with E-state index in [9.17, 15) is 9.90 Å². The van der Waals surface area contributed by atoms with Crippen LogP contribution in [0.4, 0.5) is 0 Å². The Morgan fingerprint density at radius 1 is 1.44 bits per heavy atom. The monoisotopic (exact) mass is 250 g/mol. The molecule has 0 radical (unpaired) electrons. The van der Waals surface area contributed by atoms with Crippen LogP contribution < -0.4 is 9.47 Å². The van der Waals surface area contributed by atoms with E-state index in [0.717, 1.165) is 18.4 Å². The summed E-state index contributed by atoms with van der Waals surface area (Å²) in [5.74, 6) is 0.292. The largest absolute Gasteiger partial charge is 0.493 e. The number of hydrogen-bond donors (Lipinski definition) is 1. The quantitative estimate of drug-likeness (QED) is 0.892. The van der Waals surface area contributed by atoms with Gasteiger partial charge in [-0.25, -0.2) is 4.79 Å². The van der Waals surface area contributed by atoms with Crippen LogP contribution in [-0.4, -0.2) is 23.8 Å². The number of methoxy groups -OCH3 is 1. The van der Waals surface area contributed by atoms with Crippen LogP contribution in [0.1, 0.15) is 42.6 Å². The van der Waals surface area contributed by atoms with Gasteiger partial charge in [0.2, 0.25) is 0 Å². The Bertz CT molecular complexity index is 475. The maximum Gasteiger partial charge on any atom is 0.336 e. The molecule has 2 rings (SSSR count). The zero-order chi connectivity index (χ0) is 13.3. The van der Waals surface area contributed by atoms with Gasteiger partial charge in [-0.2, -0.15) is 0 Å². The summed E-state index contributed by atoms with van der Waals surface area (Å²) in [5.41, 5.74) is 0.779. The number of hydrogen-bond acceptors (Lipinski definition) is 3. The van der Waals surface area contributed by atoms with Crippen molar-refractivity contribution in [1.29, 1.82) is 0 Å². The van der Waals surface area contributed by atoms with Crippen LogP contribution in [0.15, 0.2) is 12.1 Å². The molecule has 1 N–H and O–H groups in total. The first-order valence-electron chi connectivity index (χ1n) is 6.19. The molecular formula is C14H18O4. The number of rotatable bonds is 4. The average molecular weight is 250 g/mol. The molecule has 1 aliphatic rings. The van der Waals surface area contributed by atoms with Gasteiger partial charge in [-0.15, -0.1) is 0 Å². The summed E-state index contributed by atoms with van der Waals surface area (Å²) in [5, 5.41) is 9.23. The molecule has 0 aliphatic carbocycles. The summed E-state index contributed by atoms with van der Waals surface area (Å²) in [4.78, 5) is 11.3. The Morgan fingerprint density at radius 3 is 2.61 bits per heavy atom. The highest BCUT2D eigenvalue weighted by Gasteiger charge is 2.40. The van der Waals surface area contributed by atoms with Crippen molar-refractivity contribution in [2.24, 2.45) is 0 Å². The van der Waals surface area contributed by atoms with Crippen LogP contribution in [0.25, 0.3) is 0 Å². The minimum atomic E-state index is -0.916. The highest BCUT2D eigenvalue weighted by Crippen LogP contribution is 2.46. The summed E-state index contributed by atoms with van der Waals surface area (Å²) in [6, 6.07) is 3.24. The standard InChI is InChI=1S/C14H18O4/c1-4-14(5-2)8-10-9(13(15)16)6-7-11(17-3)12(10)18-14/h6-7H,4-5,8H2,1-3H3,(H,15,16). The van der Waals surface area contributed by atoms with Gasteiger partial charge in [0.15, 0.2) is 11.5 Å². The second kappa shape index (κ2) is 4.52. The van der Waals surface area contributed by atoms with Crippen molar-refractivity contribution in [2.75, 3.05) is 7.11 Å². The van der Waals surface area contributed by atoms with Gasteiger partial charge >= 0.3 is 5.97 Å². The van der Waals surface area contributed by atoms with E-state index < -0.39 is 5.97 Å². The molecule has 0 aromatic heterocycles. The van der Waals surface area contributed by atoms with Gasteiger partial charge in [0.05, 0.1) is 12.7 Å². The SMILES string of the molecule is CCC1(CC)Cc2c(C(=O)O)ccc(OC)c2O1. The Labute approximate surface area is 107 Å². The van der Waals surface area contributed by atoms with Crippen LogP contribution in [0.5, 0.6) is 11.5 Å². The topological polar surface area (TPSA) is 55.8 Å². The van der Waals surface area contributed by atoms with Crippen LogP contribution in [0.2, 0.25) is 0 Å². The van der Waals surface area contributed by atoms with Crippen molar-refractivity contribution in [2.45, 2.75) is 38.7 Å². The Balaban J connectivity index is 2.54. The Kier molecular flexibility index (Phi) is 3.20. The molecule has 1 aromatic carbocycles. The third kappa shape index (κ3) is 1.82. The minimum Gasteiger partial charge on any atom is -0.493 e. The molecule has 0 amide bonds. The molecule has 4 nitrogen and oxygen atoms in total. The molecule has 4 heteroatoms. The third-order valence-electron chi connectivity index (χ3n) is 3.78. The highest BCUT2D eigenvalue weighted by atomic mass is 16.5. The predicted molar refractivity (Wildman–Crippen MR) is 67.6 cm³/mol. The van der Waals surface area contributed by atoms with E-state index in [4.69, 9.17) is 9.47 Å². The molecule has 0 spiro atoms. The van der Waals surface area contributed by atoms with Gasteiger partial charge in [-0.05, 0) is 25.0 Å². The lowest BCUT2D eigenvalue weighted by atomic mass is 9.90. The van der Waals surface area contributed by atoms with Gasteiger partial charge in [0, 0.05) is 12.0 Å². The normalized spacial score (nSPS) is 15.9. The van der Waals surface area contributed by atoms with Crippen molar-refractivity contribution in [3.63, 3.8) is 0 Å². The maximum absolute atomic E-state index is 11.3. The van der Waals surface area contributed by atoms with Crippen molar-refractivity contribution >= 4 is 5.97 Å². The molecule has 1 aromatic rings. The van der Waals surface area contributed by atoms with Gasteiger partial charge in [-0.3, -0.25) is 0 Å². The Hall–Kier alpha value is -1.71. The predicted octanol–water partition coefficient (Wildman–Crippen LogP) is 2.89. The van der Waals surface area contributed by atoms with Gasteiger partial charge in [0.25, 0.3) is 0 Å². The average Bonchev–Trinajstić information content (AvgIpc) is 2.77. The molecule has 0 bridgehead atoms. The fourth-order valence-corrected chi connectivity index (χ4v) is 2.47. The summed E-state index contributed by atoms with van der Waals surface area (Å²) < 4.78 is 11.3. The second-order valence-corrected chi connectivity index (χ2v) is 4.60. The van der Waals surface area contributed by atoms with Crippen LogP contribution in [0.3, 0.4) is 0 Å². The third-order valence-corrected chi connectivity index (χ3v) is 3.78. The lowest BCUT2D eigenvalue weighted by molar-refractivity contribution is 0.0695. The molecule has 98 valence electrons. The van der Waals surface area contributed by atoms with E-state index in [1.807, 2.05) is 0 Å². The molecule has 1 heterocycles. The van der Waals surface area contributed by atoms with Gasteiger partial charge in [-0.1, -0.05) is 13.8 Å². The number of ether oxygens (including phenoxy) is 2. The number of aromatic carboxylic acids is 1. The number of benzene rings is 1. The summed E-state index contributed by atoms with van der Waals surface area (Å²) >= 11 is 0. The summed E-state index contributed by atoms with van der Waals surface area (Å²) in [6.45, 7) is 4.12. The van der Waals surface area contributed by atoms with Crippen LogP contribution in [0, 0.1) is 0 Å². The first-order chi connectivity index (χ1) is 8.56. The summed E-state index contributed by atoms with van der Waals surface area (Å²) in [7, 11) is 1.57. The van der Waals surface area contributed by atoms with Crippen molar-refractivity contribution < 1.29 is 19.4 Å². The van der Waals surface area contributed by atoms with Crippen molar-refractivity contribution in [3.8, 4) is 11.5 Å². The zero-order valence-electron chi connectivity index (χ0n) is 10.9. The molecular weight excluding hydrogens is 232 g/mol. The van der Waals surface area contributed by atoms with E-state index >= 15 is 0 Å². The number of fused-ring (bicyclic) bond motifs is 1. The molecule has 0 atom stereocenters. The summed E-state index contributed by atoms with van der Waals surface area (Å²) in [6.07, 6.45) is 2.33. The number of carboxylic acid groups (broad SMARTS) is 1. The van der Waals surface area contributed by atoms with E-state index in [1.54, 1.807) is 19.2 Å². The molecule has 1 aliphatic heterocycles. The van der Waals surface area contributed by atoms with E-state index in [0.29, 0.717) is 23.5 Å². The zero-order valence-corrected chi connectivity index (χ0v) is 10.9. The van der Waals surface area contributed by atoms with Crippen molar-refractivity contribution in [1.82, 2.24) is 0 Å². The Morgan fingerprint density at radius 2 is 2.11 bits per heavy atom. The molecule has 18 heavy (non-hydrogen) atoms. The molecule has 0 saturated carbocycles. The van der Waals surface area contributed by atoms with E-state index in [1.165, 1.54) is 0 Å². The lowest BCUT2D eigenvalue weighted by Gasteiger charge is -2.25. The minimum absolute atomic E-state index is 0.291. The smallest absolute Gasteiger partial charge is 0.336 e. The number of carboxylic acids is 1. The first-order valence-corrected chi connectivity index (χ1v) is 6.19. The van der Waals surface area contributed by atoms with Crippen LogP contribution in [-0.2, 0) is 6.42 Å². The van der Waals surface area contributed by atoms with Crippen LogP contribution >= 0.6 is 0 Å². The van der Waals surface area contributed by atoms with Crippen molar-refractivity contribution in [3.05, 3.63) is 23.3 Å². The second-order valence-electron chi connectivity index (χ2n) is 4.60. The molecule has 0 saturated heterocycles. The highest BCUT2D eigenvalue weighted by molar-refractivity contribution is 5.91. The fraction of sp³-hybridized carbons (Fsp3) is 0.500. The maximum atomic E-state index is 11.3. The lowest BCUT2D eigenvalue weighted by Crippen LogP contribution is -2.32. The van der Waals surface area contributed by atoms with Gasteiger partial charge in [0.1, 0.15) is 5.60 Å². The molecule has 0 unspecified atom stereocenters. The fourth-order valence-electron chi connectivity index (χ4n) is 2.47. The van der Waals surface area contributed by atoms with E-state index in [-0.39, 0.29) is 5.60 Å². The first kappa shape index (κ1) is 12.7. The van der Waals surface area contributed by atoms with E-state index in [2.05, 4.69) is 13.8 Å². The molecule has 0 fully saturated rings.